The molecule has 84 valence electrons. The number of aliphatic hydroxyl groups excluding tert-OH is 1. The van der Waals surface area contributed by atoms with Crippen LogP contribution in [-0.4, -0.2) is 17.2 Å². The van der Waals surface area contributed by atoms with Crippen LogP contribution < -0.4 is 4.74 Å². The number of hydrogen-bond donors (Lipinski definition) is 1. The molecule has 0 saturated heterocycles. The molecule has 2 rings (SSSR count). The Hall–Kier alpha value is -1.46. The molecule has 0 spiro atoms. The molecule has 0 atom stereocenters. The van der Waals surface area contributed by atoms with Crippen molar-refractivity contribution in [2.24, 2.45) is 0 Å². The summed E-state index contributed by atoms with van der Waals surface area (Å²) in [6.07, 6.45) is 0. The van der Waals surface area contributed by atoms with E-state index in [1.54, 1.807) is 11.4 Å². The molecular weight excluding hydrogens is 229 g/mol. The van der Waals surface area contributed by atoms with Crippen molar-refractivity contribution in [2.75, 3.05) is 7.11 Å². The van der Waals surface area contributed by atoms with Gasteiger partial charge in [0.1, 0.15) is 16.6 Å². The Labute approximate surface area is 96.2 Å². The molecule has 1 heterocycles. The van der Waals surface area contributed by atoms with Crippen LogP contribution in [0.2, 0.25) is 0 Å². The predicted octanol–water partition coefficient (Wildman–Crippen LogP) is 2.45. The van der Waals surface area contributed by atoms with Gasteiger partial charge in [0.05, 0.1) is 25.0 Å². The van der Waals surface area contributed by atoms with Gasteiger partial charge in [0, 0.05) is 5.38 Å². The Bertz CT molecular complexity index is 498. The maximum Gasteiger partial charge on any atom is 0.129 e. The first-order chi connectivity index (χ1) is 7.74. The highest BCUT2D eigenvalue weighted by atomic mass is 32.1. The van der Waals surface area contributed by atoms with Crippen molar-refractivity contribution in [2.45, 2.75) is 6.61 Å². The van der Waals surface area contributed by atoms with E-state index >= 15 is 0 Å². The van der Waals surface area contributed by atoms with E-state index in [4.69, 9.17) is 9.84 Å². The smallest absolute Gasteiger partial charge is 0.129 e. The lowest BCUT2D eigenvalue weighted by Crippen LogP contribution is -1.89. The van der Waals surface area contributed by atoms with E-state index in [-0.39, 0.29) is 12.4 Å². The summed E-state index contributed by atoms with van der Waals surface area (Å²) in [6, 6.07) is 4.27. The number of thiazole rings is 1. The van der Waals surface area contributed by atoms with E-state index in [1.165, 1.54) is 30.6 Å². The average molecular weight is 239 g/mol. The average Bonchev–Trinajstić information content (AvgIpc) is 2.77. The normalized spacial score (nSPS) is 10.4. The predicted molar refractivity (Wildman–Crippen MR) is 60.0 cm³/mol. The van der Waals surface area contributed by atoms with E-state index in [9.17, 15) is 4.39 Å². The van der Waals surface area contributed by atoms with Crippen LogP contribution in [0, 0.1) is 5.82 Å². The number of aliphatic hydroxyl groups is 1. The van der Waals surface area contributed by atoms with Gasteiger partial charge in [0.15, 0.2) is 0 Å². The minimum atomic E-state index is -0.337. The SMILES string of the molecule is COc1ccc(F)cc1-c1nc(CO)cs1. The second-order valence-corrected chi connectivity index (χ2v) is 4.00. The molecule has 2 aromatic rings. The molecule has 0 aliphatic carbocycles. The zero-order valence-corrected chi connectivity index (χ0v) is 9.42. The number of methoxy groups -OCH3 is 1. The van der Waals surface area contributed by atoms with Gasteiger partial charge in [0.2, 0.25) is 0 Å². The van der Waals surface area contributed by atoms with Gasteiger partial charge in [-0.1, -0.05) is 0 Å². The molecule has 0 aliphatic heterocycles. The molecule has 1 aromatic heterocycles. The summed E-state index contributed by atoms with van der Waals surface area (Å²) >= 11 is 1.35. The van der Waals surface area contributed by atoms with Crippen LogP contribution in [0.15, 0.2) is 23.6 Å². The lowest BCUT2D eigenvalue weighted by Gasteiger charge is -2.05. The molecule has 1 N–H and O–H groups in total. The monoisotopic (exact) mass is 239 g/mol. The maximum absolute atomic E-state index is 13.1. The minimum absolute atomic E-state index is 0.117. The molecular formula is C11H10FNO2S. The van der Waals surface area contributed by atoms with Crippen molar-refractivity contribution >= 4 is 11.3 Å². The minimum Gasteiger partial charge on any atom is -0.496 e. The molecule has 0 aliphatic rings. The first-order valence-electron chi connectivity index (χ1n) is 4.63. The summed E-state index contributed by atoms with van der Waals surface area (Å²) in [5, 5.41) is 11.3. The van der Waals surface area contributed by atoms with Crippen molar-refractivity contribution in [3.8, 4) is 16.3 Å². The third kappa shape index (κ3) is 2.05. The molecule has 5 heteroatoms. The maximum atomic E-state index is 13.1. The Morgan fingerprint density at radius 3 is 2.94 bits per heavy atom. The third-order valence-electron chi connectivity index (χ3n) is 2.11. The molecule has 3 nitrogen and oxygen atoms in total. The second kappa shape index (κ2) is 4.59. The lowest BCUT2D eigenvalue weighted by molar-refractivity contribution is 0.278. The Morgan fingerprint density at radius 2 is 2.31 bits per heavy atom. The van der Waals surface area contributed by atoms with Crippen molar-refractivity contribution in [1.29, 1.82) is 0 Å². The van der Waals surface area contributed by atoms with E-state index in [2.05, 4.69) is 4.98 Å². The first kappa shape index (κ1) is 11.0. The molecule has 0 unspecified atom stereocenters. The number of benzene rings is 1. The zero-order valence-electron chi connectivity index (χ0n) is 8.61. The summed E-state index contributed by atoms with van der Waals surface area (Å²) < 4.78 is 18.3. The number of ether oxygens (including phenoxy) is 1. The number of hydrogen-bond acceptors (Lipinski definition) is 4. The molecule has 0 fully saturated rings. The van der Waals surface area contributed by atoms with Gasteiger partial charge in [-0.25, -0.2) is 9.37 Å². The number of rotatable bonds is 3. The number of halogens is 1. The van der Waals surface area contributed by atoms with Crippen LogP contribution in [0.1, 0.15) is 5.69 Å². The van der Waals surface area contributed by atoms with Crippen molar-refractivity contribution in [1.82, 2.24) is 4.98 Å². The Morgan fingerprint density at radius 1 is 1.50 bits per heavy atom. The highest BCUT2D eigenvalue weighted by molar-refractivity contribution is 7.13. The van der Waals surface area contributed by atoms with E-state index in [1.807, 2.05) is 0 Å². The van der Waals surface area contributed by atoms with Crippen LogP contribution in [0.5, 0.6) is 5.75 Å². The third-order valence-corrected chi connectivity index (χ3v) is 3.03. The fourth-order valence-corrected chi connectivity index (χ4v) is 2.18. The molecule has 0 radical (unpaired) electrons. The summed E-state index contributed by atoms with van der Waals surface area (Å²) in [7, 11) is 1.53. The van der Waals surface area contributed by atoms with Crippen molar-refractivity contribution in [3.05, 3.63) is 35.1 Å². The zero-order chi connectivity index (χ0) is 11.5. The van der Waals surface area contributed by atoms with Crippen LogP contribution in [0.3, 0.4) is 0 Å². The molecule has 0 amide bonds. The van der Waals surface area contributed by atoms with Crippen molar-refractivity contribution < 1.29 is 14.2 Å². The fraction of sp³-hybridized carbons (Fsp3) is 0.182. The Kier molecular flexibility index (Phi) is 3.17. The van der Waals surface area contributed by atoms with Gasteiger partial charge in [0.25, 0.3) is 0 Å². The standard InChI is InChI=1S/C11H10FNO2S/c1-15-10-3-2-7(12)4-9(10)11-13-8(5-14)6-16-11/h2-4,6,14H,5H2,1H3. The fourth-order valence-electron chi connectivity index (χ4n) is 1.35. The van der Waals surface area contributed by atoms with Gasteiger partial charge in [-0.05, 0) is 18.2 Å². The molecule has 1 aromatic carbocycles. The van der Waals surface area contributed by atoms with Gasteiger partial charge < -0.3 is 9.84 Å². The van der Waals surface area contributed by atoms with Gasteiger partial charge >= 0.3 is 0 Å². The number of aromatic nitrogens is 1. The first-order valence-corrected chi connectivity index (χ1v) is 5.51. The summed E-state index contributed by atoms with van der Waals surface area (Å²) in [4.78, 5) is 4.17. The number of nitrogens with zero attached hydrogens (tertiary/aromatic N) is 1. The molecule has 16 heavy (non-hydrogen) atoms. The lowest BCUT2D eigenvalue weighted by atomic mass is 10.2. The second-order valence-electron chi connectivity index (χ2n) is 3.15. The van der Waals surface area contributed by atoms with E-state index in [0.29, 0.717) is 22.0 Å². The quantitative estimate of drug-likeness (QED) is 0.894. The summed E-state index contributed by atoms with van der Waals surface area (Å²) in [6.45, 7) is -0.117. The van der Waals surface area contributed by atoms with Crippen LogP contribution in [-0.2, 0) is 6.61 Å². The van der Waals surface area contributed by atoms with Gasteiger partial charge in [-0.15, -0.1) is 11.3 Å². The topological polar surface area (TPSA) is 42.4 Å². The van der Waals surface area contributed by atoms with Gasteiger partial charge in [-0.3, -0.25) is 0 Å². The van der Waals surface area contributed by atoms with Crippen LogP contribution in [0.25, 0.3) is 10.6 Å². The summed E-state index contributed by atoms with van der Waals surface area (Å²) in [5.74, 6) is 0.233. The summed E-state index contributed by atoms with van der Waals surface area (Å²) in [5.41, 5.74) is 1.18. The molecule has 0 bridgehead atoms. The Balaban J connectivity index is 2.49. The van der Waals surface area contributed by atoms with Crippen LogP contribution in [0.4, 0.5) is 4.39 Å². The highest BCUT2D eigenvalue weighted by Crippen LogP contribution is 2.32. The largest absolute Gasteiger partial charge is 0.496 e. The van der Waals surface area contributed by atoms with Gasteiger partial charge in [-0.2, -0.15) is 0 Å². The molecule has 0 saturated carbocycles. The van der Waals surface area contributed by atoms with E-state index < -0.39 is 0 Å². The van der Waals surface area contributed by atoms with Crippen molar-refractivity contribution in [3.63, 3.8) is 0 Å². The highest BCUT2D eigenvalue weighted by Gasteiger charge is 2.11. The van der Waals surface area contributed by atoms with E-state index in [0.717, 1.165) is 0 Å². The van der Waals surface area contributed by atoms with Crippen LogP contribution >= 0.6 is 11.3 Å².